The first-order valence-electron chi connectivity index (χ1n) is 7.01. The van der Waals surface area contributed by atoms with Crippen LogP contribution >= 0.6 is 23.2 Å². The zero-order chi connectivity index (χ0) is 13.9. The van der Waals surface area contributed by atoms with Gasteiger partial charge in [0.05, 0.1) is 0 Å². The van der Waals surface area contributed by atoms with Crippen LogP contribution in [0.5, 0.6) is 0 Å². The highest BCUT2D eigenvalue weighted by Gasteiger charge is 2.35. The van der Waals surface area contributed by atoms with Gasteiger partial charge in [0.1, 0.15) is 0 Å². The maximum Gasteiger partial charge on any atom is 0.0465 e. The van der Waals surface area contributed by atoms with Crippen molar-refractivity contribution in [3.63, 3.8) is 0 Å². The van der Waals surface area contributed by atoms with Crippen LogP contribution in [0.25, 0.3) is 0 Å². The average molecular weight is 301 g/mol. The number of benzene rings is 1. The van der Waals surface area contributed by atoms with Gasteiger partial charge >= 0.3 is 0 Å². The highest BCUT2D eigenvalue weighted by atomic mass is 35.5. The Balaban J connectivity index is 2.19. The van der Waals surface area contributed by atoms with Crippen molar-refractivity contribution in [1.29, 1.82) is 0 Å². The second kappa shape index (κ2) is 6.45. The molecule has 1 heterocycles. The Hall–Kier alpha value is -0.280. The van der Waals surface area contributed by atoms with Gasteiger partial charge in [-0.3, -0.25) is 4.90 Å². The van der Waals surface area contributed by atoms with Gasteiger partial charge in [-0.2, -0.15) is 0 Å². The Morgan fingerprint density at radius 1 is 1.26 bits per heavy atom. The molecule has 1 saturated heterocycles. The Morgan fingerprint density at radius 2 is 2.00 bits per heavy atom. The summed E-state index contributed by atoms with van der Waals surface area (Å²) in [6.45, 7) is 8.62. The standard InChI is InChI=1S/C15H22Cl2N2/c1-3-15(4-2)11-18-7-8-19(15)10-12-5-6-13(16)9-14(12)17/h5-6,9,18H,3-4,7-8,10-11H2,1-2H3. The van der Waals surface area contributed by atoms with Crippen LogP contribution in [-0.2, 0) is 6.54 Å². The summed E-state index contributed by atoms with van der Waals surface area (Å²) in [6, 6.07) is 5.80. The van der Waals surface area contributed by atoms with E-state index in [0.29, 0.717) is 5.02 Å². The molecule has 0 aliphatic carbocycles. The molecule has 4 heteroatoms. The van der Waals surface area contributed by atoms with E-state index in [2.05, 4.69) is 24.1 Å². The largest absolute Gasteiger partial charge is 0.314 e. The normalized spacial score (nSPS) is 19.6. The smallest absolute Gasteiger partial charge is 0.0465 e. The quantitative estimate of drug-likeness (QED) is 0.905. The van der Waals surface area contributed by atoms with Crippen LogP contribution in [0.4, 0.5) is 0 Å². The van der Waals surface area contributed by atoms with Crippen LogP contribution in [-0.4, -0.2) is 30.1 Å². The maximum atomic E-state index is 6.30. The lowest BCUT2D eigenvalue weighted by Gasteiger charge is -2.47. The van der Waals surface area contributed by atoms with Gasteiger partial charge in [-0.1, -0.05) is 43.1 Å². The van der Waals surface area contributed by atoms with E-state index in [1.807, 2.05) is 18.2 Å². The van der Waals surface area contributed by atoms with E-state index in [0.717, 1.165) is 44.0 Å². The fraction of sp³-hybridized carbons (Fsp3) is 0.600. The lowest BCUT2D eigenvalue weighted by molar-refractivity contribution is 0.0448. The lowest BCUT2D eigenvalue weighted by atomic mass is 9.88. The second-order valence-electron chi connectivity index (χ2n) is 5.27. The minimum atomic E-state index is 0.251. The van der Waals surface area contributed by atoms with Crippen molar-refractivity contribution in [1.82, 2.24) is 10.2 Å². The minimum Gasteiger partial charge on any atom is -0.314 e. The summed E-state index contributed by atoms with van der Waals surface area (Å²) in [4.78, 5) is 2.57. The molecule has 1 fully saturated rings. The van der Waals surface area contributed by atoms with Crippen molar-refractivity contribution in [2.24, 2.45) is 0 Å². The molecule has 1 aliphatic heterocycles. The third-order valence-corrected chi connectivity index (χ3v) is 4.96. The summed E-state index contributed by atoms with van der Waals surface area (Å²) < 4.78 is 0. The Kier molecular flexibility index (Phi) is 5.13. The first-order valence-corrected chi connectivity index (χ1v) is 7.76. The third-order valence-electron chi connectivity index (χ3n) is 4.38. The van der Waals surface area contributed by atoms with Crippen LogP contribution in [0.1, 0.15) is 32.3 Å². The summed E-state index contributed by atoms with van der Waals surface area (Å²) in [7, 11) is 0. The molecule has 1 aromatic rings. The van der Waals surface area contributed by atoms with Gasteiger partial charge < -0.3 is 5.32 Å². The Morgan fingerprint density at radius 3 is 2.63 bits per heavy atom. The summed E-state index contributed by atoms with van der Waals surface area (Å²) in [5.74, 6) is 0. The molecule has 2 nitrogen and oxygen atoms in total. The van der Waals surface area contributed by atoms with Crippen molar-refractivity contribution < 1.29 is 0 Å². The van der Waals surface area contributed by atoms with E-state index < -0.39 is 0 Å². The molecular weight excluding hydrogens is 279 g/mol. The van der Waals surface area contributed by atoms with Gasteiger partial charge in [0.15, 0.2) is 0 Å². The highest BCUT2D eigenvalue weighted by Crippen LogP contribution is 2.30. The predicted molar refractivity (Wildman–Crippen MR) is 83.1 cm³/mol. The molecule has 19 heavy (non-hydrogen) atoms. The number of nitrogens with one attached hydrogen (secondary N) is 1. The molecule has 0 spiro atoms. The summed E-state index contributed by atoms with van der Waals surface area (Å²) in [6.07, 6.45) is 2.31. The molecule has 0 atom stereocenters. The van der Waals surface area contributed by atoms with Gasteiger partial charge in [-0.05, 0) is 30.5 Å². The molecule has 1 N–H and O–H groups in total. The summed E-state index contributed by atoms with van der Waals surface area (Å²) in [5, 5.41) is 4.99. The first-order chi connectivity index (χ1) is 9.11. The molecule has 2 rings (SSSR count). The lowest BCUT2D eigenvalue weighted by Crippen LogP contribution is -2.60. The number of rotatable bonds is 4. The van der Waals surface area contributed by atoms with Crippen molar-refractivity contribution >= 4 is 23.2 Å². The number of hydrogen-bond acceptors (Lipinski definition) is 2. The molecule has 106 valence electrons. The van der Waals surface area contributed by atoms with Gasteiger partial charge in [-0.25, -0.2) is 0 Å². The van der Waals surface area contributed by atoms with Gasteiger partial charge in [0.2, 0.25) is 0 Å². The molecule has 0 amide bonds. The fourth-order valence-corrected chi connectivity index (χ4v) is 3.40. The van der Waals surface area contributed by atoms with Gasteiger partial charge in [0, 0.05) is 41.8 Å². The molecule has 0 saturated carbocycles. The monoisotopic (exact) mass is 300 g/mol. The summed E-state index contributed by atoms with van der Waals surface area (Å²) >= 11 is 12.3. The van der Waals surface area contributed by atoms with Crippen molar-refractivity contribution in [2.45, 2.75) is 38.8 Å². The van der Waals surface area contributed by atoms with Crippen LogP contribution in [0.2, 0.25) is 10.0 Å². The molecule has 0 bridgehead atoms. The second-order valence-corrected chi connectivity index (χ2v) is 6.11. The van der Waals surface area contributed by atoms with Crippen molar-refractivity contribution in [3.05, 3.63) is 33.8 Å². The minimum absolute atomic E-state index is 0.251. The third kappa shape index (κ3) is 3.25. The van der Waals surface area contributed by atoms with Crippen LogP contribution in [0.15, 0.2) is 18.2 Å². The van der Waals surface area contributed by atoms with E-state index in [1.54, 1.807) is 0 Å². The molecule has 0 unspecified atom stereocenters. The number of piperazine rings is 1. The molecular formula is C15H22Cl2N2. The zero-order valence-electron chi connectivity index (χ0n) is 11.7. The van der Waals surface area contributed by atoms with Crippen molar-refractivity contribution in [3.8, 4) is 0 Å². The van der Waals surface area contributed by atoms with E-state index in [9.17, 15) is 0 Å². The number of halogens is 2. The van der Waals surface area contributed by atoms with E-state index in [1.165, 1.54) is 5.56 Å². The first kappa shape index (κ1) is 15.1. The number of nitrogens with zero attached hydrogens (tertiary/aromatic N) is 1. The highest BCUT2D eigenvalue weighted by molar-refractivity contribution is 6.35. The average Bonchev–Trinajstić information content (AvgIpc) is 2.42. The predicted octanol–water partition coefficient (Wildman–Crippen LogP) is 3.96. The van der Waals surface area contributed by atoms with Gasteiger partial charge in [0.25, 0.3) is 0 Å². The van der Waals surface area contributed by atoms with Crippen LogP contribution in [0.3, 0.4) is 0 Å². The zero-order valence-corrected chi connectivity index (χ0v) is 13.2. The molecule has 0 aromatic heterocycles. The topological polar surface area (TPSA) is 15.3 Å². The van der Waals surface area contributed by atoms with E-state index >= 15 is 0 Å². The maximum absolute atomic E-state index is 6.30. The fourth-order valence-electron chi connectivity index (χ4n) is 2.93. The molecule has 1 aromatic carbocycles. The van der Waals surface area contributed by atoms with Crippen LogP contribution in [0, 0.1) is 0 Å². The van der Waals surface area contributed by atoms with Crippen molar-refractivity contribution in [2.75, 3.05) is 19.6 Å². The Bertz CT molecular complexity index is 430. The van der Waals surface area contributed by atoms with Gasteiger partial charge in [-0.15, -0.1) is 0 Å². The van der Waals surface area contributed by atoms with Crippen LogP contribution < -0.4 is 5.32 Å². The number of hydrogen-bond donors (Lipinski definition) is 1. The Labute approximate surface area is 126 Å². The molecule has 0 radical (unpaired) electrons. The van der Waals surface area contributed by atoms with E-state index in [4.69, 9.17) is 23.2 Å². The van der Waals surface area contributed by atoms with E-state index in [-0.39, 0.29) is 5.54 Å². The molecule has 1 aliphatic rings. The summed E-state index contributed by atoms with van der Waals surface area (Å²) in [5.41, 5.74) is 1.42. The SMILES string of the molecule is CCC1(CC)CNCCN1Cc1ccc(Cl)cc1Cl.